The van der Waals surface area contributed by atoms with Crippen molar-refractivity contribution in [3.05, 3.63) is 95.1 Å². The molecule has 1 saturated heterocycles. The van der Waals surface area contributed by atoms with Crippen LogP contribution in [0.1, 0.15) is 31.8 Å². The zero-order valence-electron chi connectivity index (χ0n) is 19.9. The summed E-state index contributed by atoms with van der Waals surface area (Å²) >= 11 is 0. The Morgan fingerprint density at radius 3 is 2.40 bits per heavy atom. The number of aromatic nitrogens is 1. The van der Waals surface area contributed by atoms with Gasteiger partial charge in [-0.2, -0.15) is 0 Å². The molecule has 2 amide bonds. The molecule has 1 aliphatic rings. The van der Waals surface area contributed by atoms with Crippen LogP contribution in [0.15, 0.2) is 72.8 Å². The Kier molecular flexibility index (Phi) is 6.29. The van der Waals surface area contributed by atoms with E-state index < -0.39 is 0 Å². The van der Waals surface area contributed by atoms with Crippen molar-refractivity contribution < 1.29 is 14.3 Å². The molecule has 1 aliphatic heterocycles. The number of rotatable bonds is 4. The van der Waals surface area contributed by atoms with E-state index in [0.717, 1.165) is 33.3 Å². The molecular formula is C29H27N3O3. The van der Waals surface area contributed by atoms with Crippen LogP contribution in [0.3, 0.4) is 0 Å². The average molecular weight is 466 g/mol. The number of anilines is 1. The summed E-state index contributed by atoms with van der Waals surface area (Å²) in [6.45, 7) is 6.26. The maximum Gasteiger partial charge on any atom is 0.256 e. The number of hydrogen-bond donors (Lipinski definition) is 1. The van der Waals surface area contributed by atoms with Crippen molar-refractivity contribution in [3.63, 3.8) is 0 Å². The van der Waals surface area contributed by atoms with Crippen LogP contribution in [-0.2, 0) is 4.74 Å². The highest BCUT2D eigenvalue weighted by atomic mass is 16.5. The third-order valence-electron chi connectivity index (χ3n) is 6.22. The zero-order valence-corrected chi connectivity index (χ0v) is 19.9. The molecule has 6 heteroatoms. The summed E-state index contributed by atoms with van der Waals surface area (Å²) in [4.78, 5) is 33.0. The van der Waals surface area contributed by atoms with E-state index in [1.54, 1.807) is 29.2 Å². The van der Waals surface area contributed by atoms with Crippen LogP contribution in [0.2, 0.25) is 0 Å². The normalized spacial score (nSPS) is 13.6. The third kappa shape index (κ3) is 4.93. The Morgan fingerprint density at radius 1 is 0.886 bits per heavy atom. The number of carbonyl (C=O) groups excluding carboxylic acids is 2. The van der Waals surface area contributed by atoms with Gasteiger partial charge in [0.1, 0.15) is 0 Å². The lowest BCUT2D eigenvalue weighted by atomic mass is 10.0. The number of carbonyl (C=O) groups is 2. The SMILES string of the molecule is Cc1ccc(-c2cc(C(=O)Nc3cccc(C(=O)N4CCOCC4)c3)c3cc(C)ccc3n2)cc1. The number of nitrogens with zero attached hydrogens (tertiary/aromatic N) is 2. The quantitative estimate of drug-likeness (QED) is 0.447. The number of ether oxygens (including phenoxy) is 1. The molecule has 0 atom stereocenters. The van der Waals surface area contributed by atoms with Crippen molar-refractivity contribution >= 4 is 28.4 Å². The second-order valence-electron chi connectivity index (χ2n) is 8.88. The standard InChI is InChI=1S/C29H27N3O3/c1-19-6-9-21(10-7-19)27-18-25(24-16-20(2)8-11-26(24)31-27)28(33)30-23-5-3-4-22(17-23)29(34)32-12-14-35-15-13-32/h3-11,16-18H,12-15H2,1-2H3,(H,30,33). The highest BCUT2D eigenvalue weighted by molar-refractivity contribution is 6.13. The first-order valence-corrected chi connectivity index (χ1v) is 11.7. The first-order valence-electron chi connectivity index (χ1n) is 11.7. The minimum atomic E-state index is -0.243. The van der Waals surface area contributed by atoms with E-state index in [-0.39, 0.29) is 11.8 Å². The first-order chi connectivity index (χ1) is 17.0. The van der Waals surface area contributed by atoms with E-state index in [2.05, 4.69) is 5.32 Å². The summed E-state index contributed by atoms with van der Waals surface area (Å²) in [5.41, 5.74) is 6.32. The number of pyridine rings is 1. The van der Waals surface area contributed by atoms with Crippen molar-refractivity contribution in [1.29, 1.82) is 0 Å². The van der Waals surface area contributed by atoms with E-state index in [4.69, 9.17) is 9.72 Å². The maximum atomic E-state index is 13.5. The van der Waals surface area contributed by atoms with Gasteiger partial charge in [0.2, 0.25) is 0 Å². The minimum Gasteiger partial charge on any atom is -0.378 e. The van der Waals surface area contributed by atoms with Gasteiger partial charge in [0, 0.05) is 35.3 Å². The van der Waals surface area contributed by atoms with Gasteiger partial charge in [-0.25, -0.2) is 4.98 Å². The smallest absolute Gasteiger partial charge is 0.256 e. The van der Waals surface area contributed by atoms with Gasteiger partial charge < -0.3 is 15.0 Å². The monoisotopic (exact) mass is 465 g/mol. The van der Waals surface area contributed by atoms with Crippen LogP contribution in [-0.4, -0.2) is 48.0 Å². The predicted molar refractivity (Wildman–Crippen MR) is 138 cm³/mol. The highest BCUT2D eigenvalue weighted by Crippen LogP contribution is 2.27. The summed E-state index contributed by atoms with van der Waals surface area (Å²) in [6.07, 6.45) is 0. The minimum absolute atomic E-state index is 0.0592. The van der Waals surface area contributed by atoms with E-state index >= 15 is 0 Å². The molecule has 1 aromatic heterocycles. The Morgan fingerprint density at radius 2 is 1.63 bits per heavy atom. The lowest BCUT2D eigenvalue weighted by molar-refractivity contribution is 0.0303. The highest BCUT2D eigenvalue weighted by Gasteiger charge is 2.20. The second-order valence-corrected chi connectivity index (χ2v) is 8.88. The molecule has 0 unspecified atom stereocenters. The number of nitrogens with one attached hydrogen (secondary N) is 1. The van der Waals surface area contributed by atoms with E-state index in [0.29, 0.717) is 43.1 Å². The molecule has 176 valence electrons. The number of aryl methyl sites for hydroxylation is 2. The molecule has 5 rings (SSSR count). The predicted octanol–water partition coefficient (Wildman–Crippen LogP) is 5.24. The van der Waals surface area contributed by atoms with Gasteiger partial charge >= 0.3 is 0 Å². The van der Waals surface area contributed by atoms with Gasteiger partial charge in [-0.1, -0.05) is 47.5 Å². The van der Waals surface area contributed by atoms with Crippen LogP contribution in [0, 0.1) is 13.8 Å². The number of hydrogen-bond acceptors (Lipinski definition) is 4. The van der Waals surface area contributed by atoms with Gasteiger partial charge in [-0.15, -0.1) is 0 Å². The molecule has 0 saturated carbocycles. The third-order valence-corrected chi connectivity index (χ3v) is 6.22. The average Bonchev–Trinajstić information content (AvgIpc) is 2.88. The molecule has 3 aromatic carbocycles. The molecule has 2 heterocycles. The Labute approximate surface area is 204 Å². The fourth-order valence-electron chi connectivity index (χ4n) is 4.28. The van der Waals surface area contributed by atoms with Gasteiger partial charge in [0.25, 0.3) is 11.8 Å². The lowest BCUT2D eigenvalue weighted by Crippen LogP contribution is -2.40. The molecule has 1 fully saturated rings. The summed E-state index contributed by atoms with van der Waals surface area (Å²) in [6, 6.07) is 22.9. The molecule has 4 aromatic rings. The first kappa shape index (κ1) is 22.7. The topological polar surface area (TPSA) is 71.5 Å². The molecule has 6 nitrogen and oxygen atoms in total. The molecule has 0 radical (unpaired) electrons. The summed E-state index contributed by atoms with van der Waals surface area (Å²) < 4.78 is 5.35. The Balaban J connectivity index is 1.48. The van der Waals surface area contributed by atoms with E-state index in [9.17, 15) is 9.59 Å². The summed E-state index contributed by atoms with van der Waals surface area (Å²) in [5, 5.41) is 3.78. The van der Waals surface area contributed by atoms with E-state index in [1.165, 1.54) is 0 Å². The summed E-state index contributed by atoms with van der Waals surface area (Å²) in [5.74, 6) is -0.302. The van der Waals surface area contributed by atoms with Crippen molar-refractivity contribution in [2.45, 2.75) is 13.8 Å². The van der Waals surface area contributed by atoms with Crippen molar-refractivity contribution in [2.75, 3.05) is 31.6 Å². The second kappa shape index (κ2) is 9.68. The number of morpholine rings is 1. The molecule has 0 bridgehead atoms. The number of fused-ring (bicyclic) bond motifs is 1. The van der Waals surface area contributed by atoms with Crippen LogP contribution >= 0.6 is 0 Å². The zero-order chi connectivity index (χ0) is 24.4. The molecule has 1 N–H and O–H groups in total. The van der Waals surface area contributed by atoms with Crippen molar-refractivity contribution in [1.82, 2.24) is 9.88 Å². The molecule has 0 spiro atoms. The summed E-state index contributed by atoms with van der Waals surface area (Å²) in [7, 11) is 0. The van der Waals surface area contributed by atoms with Crippen LogP contribution in [0.25, 0.3) is 22.2 Å². The van der Waals surface area contributed by atoms with Gasteiger partial charge in [0.15, 0.2) is 0 Å². The van der Waals surface area contributed by atoms with Crippen molar-refractivity contribution in [3.8, 4) is 11.3 Å². The maximum absolute atomic E-state index is 13.5. The van der Waals surface area contributed by atoms with Crippen LogP contribution < -0.4 is 5.32 Å². The fraction of sp³-hybridized carbons (Fsp3) is 0.207. The Bertz CT molecular complexity index is 1410. The van der Waals surface area contributed by atoms with E-state index in [1.807, 2.05) is 62.4 Å². The molecule has 0 aliphatic carbocycles. The lowest BCUT2D eigenvalue weighted by Gasteiger charge is -2.27. The Hall–Kier alpha value is -4.03. The van der Waals surface area contributed by atoms with Gasteiger partial charge in [-0.05, 0) is 50.2 Å². The van der Waals surface area contributed by atoms with Crippen LogP contribution in [0.4, 0.5) is 5.69 Å². The van der Waals surface area contributed by atoms with Crippen molar-refractivity contribution in [2.24, 2.45) is 0 Å². The number of benzene rings is 3. The fourth-order valence-corrected chi connectivity index (χ4v) is 4.28. The number of amides is 2. The van der Waals surface area contributed by atoms with Gasteiger partial charge in [0.05, 0.1) is 30.0 Å². The molecule has 35 heavy (non-hydrogen) atoms. The van der Waals surface area contributed by atoms with Gasteiger partial charge in [-0.3, -0.25) is 9.59 Å². The van der Waals surface area contributed by atoms with Crippen LogP contribution in [0.5, 0.6) is 0 Å². The molecular weight excluding hydrogens is 438 g/mol. The largest absolute Gasteiger partial charge is 0.378 e.